The van der Waals surface area contributed by atoms with Gasteiger partial charge in [-0.25, -0.2) is 17.5 Å². The van der Waals surface area contributed by atoms with Crippen molar-refractivity contribution in [1.82, 2.24) is 14.5 Å². The summed E-state index contributed by atoms with van der Waals surface area (Å²) >= 11 is 0. The summed E-state index contributed by atoms with van der Waals surface area (Å²) in [4.78, 5) is 32.8. The van der Waals surface area contributed by atoms with E-state index in [-0.39, 0.29) is 16.6 Å². The number of hydrogen-bond acceptors (Lipinski definition) is 7. The molecule has 2 amide bonds. The molecule has 5 rings (SSSR count). The van der Waals surface area contributed by atoms with Gasteiger partial charge in [0, 0.05) is 38.8 Å². The number of fused-ring (bicyclic) bond motifs is 3. The summed E-state index contributed by atoms with van der Waals surface area (Å²) in [6.45, 7) is 1.49. The largest absolute Gasteiger partial charge is 0.433 e. The molecule has 202 valence electrons. The summed E-state index contributed by atoms with van der Waals surface area (Å²) < 4.78 is 26.3. The summed E-state index contributed by atoms with van der Waals surface area (Å²) in [5.41, 5.74) is 5.11. The lowest BCUT2D eigenvalue weighted by atomic mass is 9.87. The first kappa shape index (κ1) is 26.3. The van der Waals surface area contributed by atoms with Crippen LogP contribution in [-0.4, -0.2) is 69.1 Å². The Labute approximate surface area is 223 Å². The summed E-state index contributed by atoms with van der Waals surface area (Å²) in [6, 6.07) is 8.70. The molecule has 1 fully saturated rings. The number of oxime groups is 1. The Morgan fingerprint density at radius 3 is 2.50 bits per heavy atom. The number of carbonyl (C=O) groups is 2. The second kappa shape index (κ2) is 10.5. The van der Waals surface area contributed by atoms with E-state index in [0.29, 0.717) is 17.8 Å². The topological polar surface area (TPSA) is 120 Å². The maximum Gasteiger partial charge on any atom is 0.433 e. The molecule has 11 heteroatoms. The van der Waals surface area contributed by atoms with Crippen LogP contribution in [-0.2, 0) is 32.6 Å². The fourth-order valence-corrected chi connectivity index (χ4v) is 6.31. The third-order valence-corrected chi connectivity index (χ3v) is 9.35. The number of amides is 2. The van der Waals surface area contributed by atoms with Crippen LogP contribution in [0.1, 0.15) is 48.8 Å². The molecule has 0 atom stereocenters. The third-order valence-electron chi connectivity index (χ3n) is 7.52. The number of nitrogens with one attached hydrogen (secondary N) is 2. The van der Waals surface area contributed by atoms with Gasteiger partial charge in [0.25, 0.3) is 5.91 Å². The molecule has 0 radical (unpaired) electrons. The van der Waals surface area contributed by atoms with Gasteiger partial charge in [-0.2, -0.15) is 0 Å². The highest BCUT2D eigenvalue weighted by molar-refractivity contribution is 7.89. The van der Waals surface area contributed by atoms with E-state index in [1.54, 1.807) is 24.3 Å². The van der Waals surface area contributed by atoms with E-state index in [1.807, 2.05) is 13.1 Å². The first-order chi connectivity index (χ1) is 18.1. The molecular formula is C27H33N5O5S. The smallest absolute Gasteiger partial charge is 0.320 e. The minimum Gasteiger partial charge on any atom is -0.320 e. The highest BCUT2D eigenvalue weighted by Gasteiger charge is 2.34. The zero-order chi connectivity index (χ0) is 27.0. The van der Waals surface area contributed by atoms with Crippen molar-refractivity contribution in [3.8, 4) is 11.1 Å². The Balaban J connectivity index is 1.50. The minimum atomic E-state index is -3.55. The van der Waals surface area contributed by atoms with Gasteiger partial charge < -0.3 is 15.5 Å². The Kier molecular flexibility index (Phi) is 7.26. The lowest BCUT2D eigenvalue weighted by Crippen LogP contribution is -2.36. The number of hydrogen-bond donors (Lipinski definition) is 2. The van der Waals surface area contributed by atoms with E-state index in [0.717, 1.165) is 60.9 Å². The number of likely N-dealkylation sites (N-methyl/N-ethyl adjacent to an activating group) is 1. The van der Waals surface area contributed by atoms with Crippen LogP contribution >= 0.6 is 0 Å². The van der Waals surface area contributed by atoms with Crippen LogP contribution < -0.4 is 10.6 Å². The molecular weight excluding hydrogens is 506 g/mol. The normalized spacial score (nSPS) is 19.3. The fraction of sp³-hybridized carbons (Fsp3) is 0.444. The first-order valence-corrected chi connectivity index (χ1v) is 14.4. The maximum atomic E-state index is 12.9. The van der Waals surface area contributed by atoms with Gasteiger partial charge in [-0.15, -0.1) is 0 Å². The molecule has 0 saturated heterocycles. The van der Waals surface area contributed by atoms with Crippen LogP contribution in [0, 0.1) is 0 Å². The van der Waals surface area contributed by atoms with Gasteiger partial charge in [-0.05, 0) is 66.8 Å². The second-order valence-corrected chi connectivity index (χ2v) is 12.5. The van der Waals surface area contributed by atoms with Gasteiger partial charge >= 0.3 is 6.09 Å². The molecule has 0 spiro atoms. The first-order valence-electron chi connectivity index (χ1n) is 12.9. The standard InChI is InChI=1S/C27H33N5O5S/c1-31(2)38(35,36)19-11-9-17(10-12-19)21-15-22-24(23-16-32(3)14-13-20(21)23)29-26(33)25(22)30-37-27(34)28-18-7-5-4-6-8-18/h9-12,15,18H,4-8,13-14,16H2,1-3H3,(H,28,34)(H,29,30,33). The van der Waals surface area contributed by atoms with Gasteiger partial charge in [-0.3, -0.25) is 9.63 Å². The van der Waals surface area contributed by atoms with Gasteiger partial charge in [0.1, 0.15) is 0 Å². The number of sulfonamides is 1. The number of anilines is 1. The molecule has 0 unspecified atom stereocenters. The zero-order valence-corrected chi connectivity index (χ0v) is 22.7. The van der Waals surface area contributed by atoms with Crippen LogP contribution in [0.25, 0.3) is 11.1 Å². The molecule has 3 aliphatic rings. The monoisotopic (exact) mass is 539 g/mol. The summed E-state index contributed by atoms with van der Waals surface area (Å²) in [5, 5.41) is 9.74. The summed E-state index contributed by atoms with van der Waals surface area (Å²) in [7, 11) is 1.47. The van der Waals surface area contributed by atoms with Crippen LogP contribution in [0.5, 0.6) is 0 Å². The molecule has 38 heavy (non-hydrogen) atoms. The molecule has 2 aromatic carbocycles. The van der Waals surface area contributed by atoms with Crippen LogP contribution in [0.4, 0.5) is 10.5 Å². The van der Waals surface area contributed by atoms with Crippen molar-refractivity contribution in [1.29, 1.82) is 0 Å². The Bertz CT molecular complexity index is 1400. The quantitative estimate of drug-likeness (QED) is 0.444. The van der Waals surface area contributed by atoms with Gasteiger partial charge in [0.05, 0.1) is 10.6 Å². The van der Waals surface area contributed by atoms with E-state index in [9.17, 15) is 18.0 Å². The van der Waals surface area contributed by atoms with Crippen molar-refractivity contribution in [2.75, 3.05) is 33.0 Å². The van der Waals surface area contributed by atoms with Crippen molar-refractivity contribution in [2.45, 2.75) is 56.0 Å². The number of rotatable bonds is 5. The predicted molar refractivity (Wildman–Crippen MR) is 144 cm³/mol. The molecule has 10 nitrogen and oxygen atoms in total. The van der Waals surface area contributed by atoms with Crippen molar-refractivity contribution in [2.24, 2.45) is 5.16 Å². The van der Waals surface area contributed by atoms with E-state index in [2.05, 4.69) is 20.7 Å². The van der Waals surface area contributed by atoms with Crippen molar-refractivity contribution in [3.05, 3.63) is 47.0 Å². The molecule has 0 bridgehead atoms. The minimum absolute atomic E-state index is 0.0443. The highest BCUT2D eigenvalue weighted by atomic mass is 32.2. The fourth-order valence-electron chi connectivity index (χ4n) is 5.41. The average molecular weight is 540 g/mol. The molecule has 2 aromatic rings. The van der Waals surface area contributed by atoms with E-state index < -0.39 is 22.0 Å². The number of nitrogens with zero attached hydrogens (tertiary/aromatic N) is 3. The molecule has 1 saturated carbocycles. The van der Waals surface area contributed by atoms with E-state index in [4.69, 9.17) is 4.84 Å². The SMILES string of the molecule is CN1CCc2c(-c3ccc(S(=O)(=O)N(C)C)cc3)cc3c(c2C1)NC(=O)/C3=N\OC(=O)NC1CCCCC1. The summed E-state index contributed by atoms with van der Waals surface area (Å²) in [6.07, 6.45) is 5.23. The van der Waals surface area contributed by atoms with Crippen LogP contribution in [0.15, 0.2) is 40.4 Å². The zero-order valence-electron chi connectivity index (χ0n) is 21.9. The molecule has 0 aromatic heterocycles. The molecule has 2 N–H and O–H groups in total. The van der Waals surface area contributed by atoms with Crippen LogP contribution in [0.3, 0.4) is 0 Å². The van der Waals surface area contributed by atoms with Gasteiger partial charge in [-0.1, -0.05) is 36.6 Å². The summed E-state index contributed by atoms with van der Waals surface area (Å²) in [5.74, 6) is -0.425. The predicted octanol–water partition coefficient (Wildman–Crippen LogP) is 3.31. The lowest BCUT2D eigenvalue weighted by Gasteiger charge is -2.29. The maximum absolute atomic E-state index is 12.9. The Hall–Kier alpha value is -3.28. The van der Waals surface area contributed by atoms with Crippen molar-refractivity contribution >= 4 is 33.4 Å². The number of carbonyl (C=O) groups excluding carboxylic acids is 2. The third kappa shape index (κ3) is 5.05. The second-order valence-electron chi connectivity index (χ2n) is 10.4. The number of benzene rings is 2. The molecule has 1 aliphatic carbocycles. The van der Waals surface area contributed by atoms with Gasteiger partial charge in [0.15, 0.2) is 5.71 Å². The highest BCUT2D eigenvalue weighted by Crippen LogP contribution is 2.40. The molecule has 2 aliphatic heterocycles. The van der Waals surface area contributed by atoms with Gasteiger partial charge in [0.2, 0.25) is 10.0 Å². The lowest BCUT2D eigenvalue weighted by molar-refractivity contribution is -0.110. The van der Waals surface area contributed by atoms with E-state index in [1.165, 1.54) is 24.8 Å². The Morgan fingerprint density at radius 2 is 1.82 bits per heavy atom. The van der Waals surface area contributed by atoms with Crippen molar-refractivity contribution < 1.29 is 22.8 Å². The van der Waals surface area contributed by atoms with Crippen LogP contribution in [0.2, 0.25) is 0 Å². The average Bonchev–Trinajstić information content (AvgIpc) is 3.22. The Morgan fingerprint density at radius 1 is 1.11 bits per heavy atom. The van der Waals surface area contributed by atoms with Crippen molar-refractivity contribution in [3.63, 3.8) is 0 Å². The van der Waals surface area contributed by atoms with E-state index >= 15 is 0 Å². The molecule has 2 heterocycles.